The van der Waals surface area contributed by atoms with Gasteiger partial charge in [-0.05, 0) is 96.4 Å². The Morgan fingerprint density at radius 3 is 2.58 bits per heavy atom. The second kappa shape index (κ2) is 11.5. The van der Waals surface area contributed by atoms with Crippen LogP contribution in [0.1, 0.15) is 37.9 Å². The zero-order valence-corrected chi connectivity index (χ0v) is 21.9. The Balaban J connectivity index is 1.39. The number of piperidine rings is 1. The maximum absolute atomic E-state index is 6.19. The number of benzene rings is 1. The van der Waals surface area contributed by atoms with Crippen LogP contribution in [0.15, 0.2) is 28.7 Å². The fourth-order valence-electron chi connectivity index (χ4n) is 5.19. The average molecular weight is 494 g/mol. The number of anilines is 1. The molecule has 8 heteroatoms. The lowest BCUT2D eigenvalue weighted by atomic mass is 9.97. The first-order chi connectivity index (χ1) is 17.6. The number of hydrogen-bond acceptors (Lipinski definition) is 8. The largest absolute Gasteiger partial charge is 0.493 e. The number of fused-ring (bicyclic) bond motifs is 1. The number of aromatic nitrogens is 2. The Bertz CT molecular complexity index is 1150. The van der Waals surface area contributed by atoms with Crippen molar-refractivity contribution in [2.45, 2.75) is 39.0 Å². The minimum absolute atomic E-state index is 0.576. The minimum Gasteiger partial charge on any atom is -0.493 e. The molecule has 194 valence electrons. The summed E-state index contributed by atoms with van der Waals surface area (Å²) in [4.78, 5) is 14.6. The number of aryl methyl sites for hydroxylation is 1. The average Bonchev–Trinajstić information content (AvgIpc) is 3.57. The number of rotatable bonds is 10. The molecule has 4 heterocycles. The molecule has 0 aliphatic carbocycles. The molecular formula is C28H39N5O3. The third-order valence-electron chi connectivity index (χ3n) is 7.41. The molecule has 2 fully saturated rings. The molecule has 2 aliphatic heterocycles. The monoisotopic (exact) mass is 493 g/mol. The zero-order chi connectivity index (χ0) is 24.9. The second-order valence-corrected chi connectivity index (χ2v) is 10.2. The number of hydrogen-bond donors (Lipinski definition) is 1. The first-order valence-corrected chi connectivity index (χ1v) is 13.3. The van der Waals surface area contributed by atoms with Crippen molar-refractivity contribution in [1.29, 1.82) is 0 Å². The van der Waals surface area contributed by atoms with Gasteiger partial charge in [0.2, 0.25) is 0 Å². The van der Waals surface area contributed by atoms with E-state index in [2.05, 4.69) is 22.2 Å². The van der Waals surface area contributed by atoms with E-state index in [1.54, 1.807) is 7.11 Å². The van der Waals surface area contributed by atoms with Crippen LogP contribution in [0.5, 0.6) is 11.5 Å². The number of likely N-dealkylation sites (tertiary alicyclic amines) is 2. The highest BCUT2D eigenvalue weighted by Crippen LogP contribution is 2.36. The van der Waals surface area contributed by atoms with Gasteiger partial charge in [0.15, 0.2) is 23.1 Å². The molecule has 0 amide bonds. The van der Waals surface area contributed by atoms with Gasteiger partial charge in [0.1, 0.15) is 11.6 Å². The molecule has 2 saturated heterocycles. The van der Waals surface area contributed by atoms with Gasteiger partial charge >= 0.3 is 0 Å². The van der Waals surface area contributed by atoms with Gasteiger partial charge in [-0.2, -0.15) is 0 Å². The number of nitrogens with one attached hydrogen (secondary N) is 1. The summed E-state index contributed by atoms with van der Waals surface area (Å²) in [6, 6.07) is 7.85. The van der Waals surface area contributed by atoms with Crippen molar-refractivity contribution in [1.82, 2.24) is 19.8 Å². The topological polar surface area (TPSA) is 75.9 Å². The lowest BCUT2D eigenvalue weighted by molar-refractivity contribution is 0.226. The first kappa shape index (κ1) is 24.8. The van der Waals surface area contributed by atoms with E-state index in [1.165, 1.54) is 38.8 Å². The molecule has 0 saturated carbocycles. The lowest BCUT2D eigenvalue weighted by Gasteiger charge is -2.29. The van der Waals surface area contributed by atoms with Crippen LogP contribution in [0.4, 0.5) is 5.82 Å². The summed E-state index contributed by atoms with van der Waals surface area (Å²) in [6.45, 7) is 9.23. The molecule has 36 heavy (non-hydrogen) atoms. The van der Waals surface area contributed by atoms with Crippen LogP contribution < -0.4 is 14.8 Å². The van der Waals surface area contributed by atoms with Gasteiger partial charge in [-0.15, -0.1) is 0 Å². The van der Waals surface area contributed by atoms with E-state index < -0.39 is 0 Å². The Morgan fingerprint density at radius 2 is 1.86 bits per heavy atom. The quantitative estimate of drug-likeness (QED) is 0.403. The van der Waals surface area contributed by atoms with E-state index in [0.717, 1.165) is 55.1 Å². The summed E-state index contributed by atoms with van der Waals surface area (Å²) in [5.74, 6) is 4.94. The third kappa shape index (κ3) is 5.93. The smallest absolute Gasteiger partial charge is 0.198 e. The molecule has 8 nitrogen and oxygen atoms in total. The van der Waals surface area contributed by atoms with Crippen molar-refractivity contribution in [2.24, 2.45) is 5.92 Å². The van der Waals surface area contributed by atoms with E-state index in [9.17, 15) is 0 Å². The van der Waals surface area contributed by atoms with Crippen molar-refractivity contribution in [3.8, 4) is 23.1 Å². The molecular weight excluding hydrogens is 454 g/mol. The highest BCUT2D eigenvalue weighted by molar-refractivity contribution is 5.93. The standard InChI is InChI=1S/C28H39N5O3/c1-20-7-8-24(36-20)28-30-23-18-26(35-16-6-13-33-11-4-5-12-33)25(34-3)17-22(23)27(31-28)29-19-21-9-14-32(2)15-10-21/h7-8,17-18,21H,4-6,9-16,19H2,1-3H3,(H,29,30,31). The molecule has 3 aromatic rings. The fourth-order valence-corrected chi connectivity index (χ4v) is 5.19. The summed E-state index contributed by atoms with van der Waals surface area (Å²) in [6.07, 6.45) is 5.99. The maximum atomic E-state index is 6.19. The lowest BCUT2D eigenvalue weighted by Crippen LogP contribution is -2.33. The van der Waals surface area contributed by atoms with Crippen LogP contribution in [-0.4, -0.2) is 79.8 Å². The molecule has 2 aromatic heterocycles. The van der Waals surface area contributed by atoms with E-state index in [0.29, 0.717) is 35.6 Å². The van der Waals surface area contributed by atoms with Crippen LogP contribution in [0.2, 0.25) is 0 Å². The van der Waals surface area contributed by atoms with E-state index in [4.69, 9.17) is 23.9 Å². The van der Waals surface area contributed by atoms with Crippen LogP contribution in [0.3, 0.4) is 0 Å². The minimum atomic E-state index is 0.576. The van der Waals surface area contributed by atoms with Crippen LogP contribution in [0.25, 0.3) is 22.5 Å². The molecule has 1 N–H and O–H groups in total. The Kier molecular flexibility index (Phi) is 7.92. The van der Waals surface area contributed by atoms with Gasteiger partial charge in [-0.1, -0.05) is 0 Å². The first-order valence-electron chi connectivity index (χ1n) is 13.3. The molecule has 0 spiro atoms. The molecule has 0 unspecified atom stereocenters. The van der Waals surface area contributed by atoms with Gasteiger partial charge in [-0.25, -0.2) is 9.97 Å². The van der Waals surface area contributed by atoms with Gasteiger partial charge in [0.25, 0.3) is 0 Å². The molecule has 0 radical (unpaired) electrons. The fraction of sp³-hybridized carbons (Fsp3) is 0.571. The van der Waals surface area contributed by atoms with Gasteiger partial charge < -0.3 is 29.0 Å². The second-order valence-electron chi connectivity index (χ2n) is 10.2. The normalized spacial score (nSPS) is 17.6. The van der Waals surface area contributed by atoms with Crippen molar-refractivity contribution in [3.63, 3.8) is 0 Å². The van der Waals surface area contributed by atoms with Gasteiger partial charge in [-0.3, -0.25) is 0 Å². The molecule has 1 aromatic carbocycles. The number of methoxy groups -OCH3 is 1. The highest BCUT2D eigenvalue weighted by Gasteiger charge is 2.20. The molecule has 5 rings (SSSR count). The summed E-state index contributed by atoms with van der Waals surface area (Å²) in [5.41, 5.74) is 0.815. The number of nitrogens with zero attached hydrogens (tertiary/aromatic N) is 4. The van der Waals surface area contributed by atoms with E-state index >= 15 is 0 Å². The van der Waals surface area contributed by atoms with Crippen molar-refractivity contribution >= 4 is 16.7 Å². The summed E-state index contributed by atoms with van der Waals surface area (Å²) >= 11 is 0. The zero-order valence-electron chi connectivity index (χ0n) is 21.9. The van der Waals surface area contributed by atoms with Crippen LogP contribution in [-0.2, 0) is 0 Å². The Morgan fingerprint density at radius 1 is 1.06 bits per heavy atom. The van der Waals surface area contributed by atoms with Crippen LogP contribution >= 0.6 is 0 Å². The highest BCUT2D eigenvalue weighted by atomic mass is 16.5. The summed E-state index contributed by atoms with van der Waals surface area (Å²) in [7, 11) is 3.88. The van der Waals surface area contributed by atoms with Crippen molar-refractivity contribution in [3.05, 3.63) is 30.0 Å². The summed E-state index contributed by atoms with van der Waals surface area (Å²) in [5, 5.41) is 4.56. The summed E-state index contributed by atoms with van der Waals surface area (Å²) < 4.78 is 17.8. The third-order valence-corrected chi connectivity index (χ3v) is 7.41. The predicted octanol–water partition coefficient (Wildman–Crippen LogP) is 4.83. The SMILES string of the molecule is COc1cc2c(NCC3CCN(C)CC3)nc(-c3ccc(C)o3)nc2cc1OCCCN1CCCC1. The van der Waals surface area contributed by atoms with E-state index in [-0.39, 0.29) is 0 Å². The van der Waals surface area contributed by atoms with Gasteiger partial charge in [0.05, 0.1) is 19.2 Å². The van der Waals surface area contributed by atoms with Gasteiger partial charge in [0, 0.05) is 24.5 Å². The molecule has 0 bridgehead atoms. The maximum Gasteiger partial charge on any atom is 0.198 e. The Labute approximate surface area is 214 Å². The van der Waals surface area contributed by atoms with Crippen LogP contribution in [0, 0.1) is 12.8 Å². The molecule has 0 atom stereocenters. The van der Waals surface area contributed by atoms with E-state index in [1.807, 2.05) is 31.2 Å². The number of ether oxygens (including phenoxy) is 2. The number of furan rings is 1. The predicted molar refractivity (Wildman–Crippen MR) is 143 cm³/mol. The Hall–Kier alpha value is -2.84. The van der Waals surface area contributed by atoms with Crippen molar-refractivity contribution in [2.75, 3.05) is 65.3 Å². The molecule has 2 aliphatic rings. The van der Waals surface area contributed by atoms with Crippen molar-refractivity contribution < 1.29 is 13.9 Å².